The van der Waals surface area contributed by atoms with Crippen LogP contribution >= 0.6 is 24.0 Å². The van der Waals surface area contributed by atoms with Gasteiger partial charge in [-0.25, -0.2) is 4.98 Å². The molecule has 7 heteroatoms. The van der Waals surface area contributed by atoms with Crippen LogP contribution in [-0.4, -0.2) is 37.7 Å². The first-order valence-corrected chi connectivity index (χ1v) is 9.96. The third kappa shape index (κ3) is 10.5. The van der Waals surface area contributed by atoms with Gasteiger partial charge < -0.3 is 20.1 Å². The molecule has 0 bridgehead atoms. The van der Waals surface area contributed by atoms with Crippen LogP contribution in [0.4, 0.5) is 0 Å². The van der Waals surface area contributed by atoms with Crippen molar-refractivity contribution in [2.45, 2.75) is 39.3 Å². The van der Waals surface area contributed by atoms with Gasteiger partial charge in [-0.2, -0.15) is 0 Å². The van der Waals surface area contributed by atoms with E-state index in [-0.39, 0.29) is 24.0 Å². The minimum Gasteiger partial charge on any atom is -0.473 e. The van der Waals surface area contributed by atoms with E-state index in [0.29, 0.717) is 19.0 Å². The summed E-state index contributed by atoms with van der Waals surface area (Å²) in [4.78, 5) is 8.64. The van der Waals surface area contributed by atoms with Crippen molar-refractivity contribution in [3.05, 3.63) is 59.8 Å². The molecule has 2 aromatic rings. The highest BCUT2D eigenvalue weighted by Crippen LogP contribution is 2.15. The van der Waals surface area contributed by atoms with E-state index >= 15 is 0 Å². The molecule has 0 aliphatic heterocycles. The van der Waals surface area contributed by atoms with E-state index in [1.165, 1.54) is 6.42 Å². The van der Waals surface area contributed by atoms with Gasteiger partial charge in [0.25, 0.3) is 0 Å². The molecule has 1 aromatic carbocycles. The second kappa shape index (κ2) is 16.0. The Bertz CT molecular complexity index is 698. The van der Waals surface area contributed by atoms with Gasteiger partial charge in [0.1, 0.15) is 6.61 Å². The second-order valence-electron chi connectivity index (χ2n) is 6.41. The zero-order valence-corrected chi connectivity index (χ0v) is 19.7. The molecule has 1 aromatic heterocycles. The van der Waals surface area contributed by atoms with Crippen LogP contribution in [0.1, 0.15) is 37.3 Å². The number of rotatable bonds is 12. The first-order chi connectivity index (χ1) is 13.8. The first kappa shape index (κ1) is 25.2. The summed E-state index contributed by atoms with van der Waals surface area (Å²) >= 11 is 0. The highest BCUT2D eigenvalue weighted by atomic mass is 127. The maximum absolute atomic E-state index is 5.91. The number of aliphatic imine (C=N–C) groups is 1. The lowest BCUT2D eigenvalue weighted by atomic mass is 10.2. The number of nitrogens with one attached hydrogen (secondary N) is 2. The summed E-state index contributed by atoms with van der Waals surface area (Å²) in [5.74, 6) is 1.39. The summed E-state index contributed by atoms with van der Waals surface area (Å²) in [6.07, 6.45) is 4.98. The van der Waals surface area contributed by atoms with Crippen LogP contribution in [0.25, 0.3) is 0 Å². The van der Waals surface area contributed by atoms with E-state index in [4.69, 9.17) is 9.47 Å². The molecule has 0 spiro atoms. The molecule has 0 aliphatic rings. The molecule has 1 heterocycles. The maximum atomic E-state index is 5.91. The van der Waals surface area contributed by atoms with Crippen molar-refractivity contribution in [1.82, 2.24) is 15.6 Å². The summed E-state index contributed by atoms with van der Waals surface area (Å²) in [5.41, 5.74) is 2.11. The van der Waals surface area contributed by atoms with Crippen molar-refractivity contribution in [3.8, 4) is 5.88 Å². The summed E-state index contributed by atoms with van der Waals surface area (Å²) in [5, 5.41) is 6.62. The van der Waals surface area contributed by atoms with Gasteiger partial charge in [0.15, 0.2) is 5.96 Å². The highest BCUT2D eigenvalue weighted by molar-refractivity contribution is 14.0. The topological polar surface area (TPSA) is 67.8 Å². The fourth-order valence-electron chi connectivity index (χ4n) is 2.54. The molecule has 29 heavy (non-hydrogen) atoms. The van der Waals surface area contributed by atoms with Crippen molar-refractivity contribution in [2.75, 3.05) is 26.8 Å². The molecular formula is C22H33IN4O2. The van der Waals surface area contributed by atoms with E-state index < -0.39 is 0 Å². The Balaban J connectivity index is 0.00000420. The lowest BCUT2D eigenvalue weighted by Crippen LogP contribution is -2.37. The average molecular weight is 512 g/mol. The van der Waals surface area contributed by atoms with Crippen LogP contribution in [0.3, 0.4) is 0 Å². The minimum absolute atomic E-state index is 0. The quantitative estimate of drug-likeness (QED) is 0.194. The fraction of sp³-hybridized carbons (Fsp3) is 0.455. The normalized spacial score (nSPS) is 10.9. The molecule has 6 nitrogen and oxygen atoms in total. The molecule has 0 aliphatic carbocycles. The van der Waals surface area contributed by atoms with Crippen LogP contribution < -0.4 is 15.4 Å². The third-order valence-corrected chi connectivity index (χ3v) is 4.14. The lowest BCUT2D eigenvalue weighted by molar-refractivity contribution is 0.129. The molecular weight excluding hydrogens is 479 g/mol. The van der Waals surface area contributed by atoms with Gasteiger partial charge in [0, 0.05) is 45.1 Å². The maximum Gasteiger partial charge on any atom is 0.218 e. The Morgan fingerprint density at radius 3 is 2.59 bits per heavy atom. The lowest BCUT2D eigenvalue weighted by Gasteiger charge is -2.14. The number of ether oxygens (including phenoxy) is 2. The monoisotopic (exact) mass is 512 g/mol. The standard InChI is InChI=1S/C22H32N4O2.HI/c1-3-4-15-27-16-9-14-25-22(23-2)26-17-20-12-8-13-24-21(20)28-18-19-10-6-5-7-11-19;/h5-8,10-13H,3-4,9,14-18H2,1-2H3,(H2,23,25,26);1H. The van der Waals surface area contributed by atoms with Gasteiger partial charge in [-0.3, -0.25) is 4.99 Å². The minimum atomic E-state index is 0. The highest BCUT2D eigenvalue weighted by Gasteiger charge is 2.06. The number of guanidine groups is 1. The molecule has 0 atom stereocenters. The number of halogens is 1. The van der Waals surface area contributed by atoms with Gasteiger partial charge in [-0.05, 0) is 24.5 Å². The van der Waals surface area contributed by atoms with Crippen LogP contribution in [0.2, 0.25) is 0 Å². The molecule has 2 N–H and O–H groups in total. The summed E-state index contributed by atoms with van der Waals surface area (Å²) < 4.78 is 11.5. The van der Waals surface area contributed by atoms with Gasteiger partial charge >= 0.3 is 0 Å². The molecule has 0 amide bonds. The van der Waals surface area contributed by atoms with Gasteiger partial charge in [-0.1, -0.05) is 49.7 Å². The zero-order valence-electron chi connectivity index (χ0n) is 17.4. The Hall–Kier alpha value is -1.87. The second-order valence-corrected chi connectivity index (χ2v) is 6.41. The van der Waals surface area contributed by atoms with E-state index in [1.54, 1.807) is 13.2 Å². The van der Waals surface area contributed by atoms with E-state index in [2.05, 4.69) is 27.5 Å². The molecule has 0 unspecified atom stereocenters. The smallest absolute Gasteiger partial charge is 0.218 e. The average Bonchev–Trinajstić information content (AvgIpc) is 2.75. The van der Waals surface area contributed by atoms with Crippen molar-refractivity contribution < 1.29 is 9.47 Å². The Morgan fingerprint density at radius 2 is 1.83 bits per heavy atom. The zero-order chi connectivity index (χ0) is 19.9. The summed E-state index contributed by atoms with van der Waals surface area (Å²) in [6, 6.07) is 14.0. The van der Waals surface area contributed by atoms with Crippen molar-refractivity contribution in [2.24, 2.45) is 4.99 Å². The van der Waals surface area contributed by atoms with Crippen molar-refractivity contribution in [3.63, 3.8) is 0 Å². The summed E-state index contributed by atoms with van der Waals surface area (Å²) in [7, 11) is 1.77. The largest absolute Gasteiger partial charge is 0.473 e. The van der Waals surface area contributed by atoms with Crippen LogP contribution in [0.15, 0.2) is 53.7 Å². The Labute approximate surface area is 191 Å². The van der Waals surface area contributed by atoms with Crippen molar-refractivity contribution >= 4 is 29.9 Å². The number of pyridine rings is 1. The predicted molar refractivity (Wildman–Crippen MR) is 129 cm³/mol. The molecule has 0 saturated carbocycles. The van der Waals surface area contributed by atoms with Gasteiger partial charge in [-0.15, -0.1) is 24.0 Å². The Morgan fingerprint density at radius 1 is 1.03 bits per heavy atom. The Kier molecular flexibility index (Phi) is 13.9. The molecule has 0 saturated heterocycles. The number of benzene rings is 1. The van der Waals surface area contributed by atoms with Crippen molar-refractivity contribution in [1.29, 1.82) is 0 Å². The molecule has 0 fully saturated rings. The number of unbranched alkanes of at least 4 members (excludes halogenated alkanes) is 1. The predicted octanol–water partition coefficient (Wildman–Crippen LogP) is 4.15. The first-order valence-electron chi connectivity index (χ1n) is 9.96. The molecule has 160 valence electrons. The summed E-state index contributed by atoms with van der Waals surface area (Å²) in [6.45, 7) is 5.68. The fourth-order valence-corrected chi connectivity index (χ4v) is 2.54. The van der Waals surface area contributed by atoms with E-state index in [9.17, 15) is 0 Å². The van der Waals surface area contributed by atoms with E-state index in [0.717, 1.165) is 49.7 Å². The van der Waals surface area contributed by atoms with Crippen LogP contribution in [0, 0.1) is 0 Å². The molecule has 2 rings (SSSR count). The van der Waals surface area contributed by atoms with Gasteiger partial charge in [0.2, 0.25) is 5.88 Å². The SMILES string of the molecule is CCCCOCCCNC(=NC)NCc1cccnc1OCc1ccccc1.I. The van der Waals surface area contributed by atoms with Crippen LogP contribution in [0.5, 0.6) is 5.88 Å². The number of nitrogens with zero attached hydrogens (tertiary/aromatic N) is 2. The number of aromatic nitrogens is 1. The number of hydrogen-bond acceptors (Lipinski definition) is 4. The van der Waals surface area contributed by atoms with E-state index in [1.807, 2.05) is 42.5 Å². The van der Waals surface area contributed by atoms with Crippen LogP contribution in [-0.2, 0) is 17.9 Å². The van der Waals surface area contributed by atoms with Gasteiger partial charge in [0.05, 0.1) is 0 Å². The molecule has 0 radical (unpaired) electrons. The number of hydrogen-bond donors (Lipinski definition) is 2. The third-order valence-electron chi connectivity index (χ3n) is 4.14.